The van der Waals surface area contributed by atoms with E-state index < -0.39 is 0 Å². The molecular weight excluding hydrogens is 364 g/mol. The van der Waals surface area contributed by atoms with Crippen molar-refractivity contribution in [2.45, 2.75) is 131 Å². The van der Waals surface area contributed by atoms with Crippen LogP contribution in [0.5, 0.6) is 0 Å². The Morgan fingerprint density at radius 1 is 0.867 bits per heavy atom. The molecule has 30 heavy (non-hydrogen) atoms. The van der Waals surface area contributed by atoms with Gasteiger partial charge in [-0.25, -0.2) is 0 Å². The van der Waals surface area contributed by atoms with E-state index in [4.69, 9.17) is 0 Å². The molecule has 0 N–H and O–H groups in total. The molecule has 0 radical (unpaired) electrons. The van der Waals surface area contributed by atoms with Gasteiger partial charge in [-0.2, -0.15) is 0 Å². The van der Waals surface area contributed by atoms with Gasteiger partial charge in [-0.05, 0) is 91.3 Å². The van der Waals surface area contributed by atoms with Crippen molar-refractivity contribution in [1.82, 2.24) is 0 Å². The van der Waals surface area contributed by atoms with Crippen LogP contribution in [0, 0.1) is 33.0 Å². The van der Waals surface area contributed by atoms with Crippen LogP contribution in [0.15, 0.2) is 12.7 Å². The van der Waals surface area contributed by atoms with Crippen molar-refractivity contribution < 1.29 is 4.79 Å². The van der Waals surface area contributed by atoms with Gasteiger partial charge in [-0.15, -0.1) is 6.58 Å². The Balaban J connectivity index is 2.00. The number of hydrogen-bond acceptors (Lipinski definition) is 1. The Morgan fingerprint density at radius 2 is 1.57 bits per heavy atom. The summed E-state index contributed by atoms with van der Waals surface area (Å²) < 4.78 is 0. The molecule has 172 valence electrons. The van der Waals surface area contributed by atoms with Crippen molar-refractivity contribution in [1.29, 1.82) is 0 Å². The molecule has 0 spiro atoms. The van der Waals surface area contributed by atoms with Gasteiger partial charge >= 0.3 is 0 Å². The Bertz CT molecular complexity index is 651. The number of carbonyl (C=O) groups is 1. The molecule has 6 unspecified atom stereocenters. The van der Waals surface area contributed by atoms with Crippen molar-refractivity contribution in [3.8, 4) is 0 Å². The molecule has 3 aliphatic rings. The monoisotopic (exact) mass is 414 g/mol. The molecule has 1 heteroatoms. The highest BCUT2D eigenvalue weighted by Crippen LogP contribution is 2.80. The number of rotatable bonds is 5. The molecule has 0 heterocycles. The summed E-state index contributed by atoms with van der Waals surface area (Å²) in [5.74, 6) is 1.20. The average Bonchev–Trinajstić information content (AvgIpc) is 2.93. The summed E-state index contributed by atoms with van der Waals surface area (Å²) in [6.07, 6.45) is 20.4. The molecule has 0 aromatic carbocycles. The highest BCUT2D eigenvalue weighted by atomic mass is 16.1. The topological polar surface area (TPSA) is 17.1 Å². The molecule has 3 aliphatic carbocycles. The summed E-state index contributed by atoms with van der Waals surface area (Å²) in [5, 5.41) is 0. The fraction of sp³-hybridized carbons (Fsp3) is 0.897. The number of carbonyl (C=O) groups excluding carboxylic acids is 1. The zero-order chi connectivity index (χ0) is 22.3. The molecule has 1 nitrogen and oxygen atoms in total. The first-order valence-corrected chi connectivity index (χ1v) is 13.1. The number of hydrogen-bond donors (Lipinski definition) is 0. The maximum Gasteiger partial charge on any atom is 0.129 e. The zero-order valence-electron chi connectivity index (χ0n) is 21.2. The van der Waals surface area contributed by atoms with Gasteiger partial charge < -0.3 is 4.79 Å². The first-order valence-electron chi connectivity index (χ1n) is 13.1. The van der Waals surface area contributed by atoms with Gasteiger partial charge in [0.1, 0.15) is 5.78 Å². The van der Waals surface area contributed by atoms with E-state index >= 15 is 0 Å². The molecule has 0 saturated heterocycles. The van der Waals surface area contributed by atoms with E-state index in [1.54, 1.807) is 6.92 Å². The van der Waals surface area contributed by atoms with E-state index in [0.29, 0.717) is 27.4 Å². The average molecular weight is 415 g/mol. The van der Waals surface area contributed by atoms with Crippen LogP contribution in [0.4, 0.5) is 0 Å². The van der Waals surface area contributed by atoms with Crippen molar-refractivity contribution in [3.63, 3.8) is 0 Å². The molecule has 0 aromatic heterocycles. The minimum atomic E-state index is 0.197. The van der Waals surface area contributed by atoms with E-state index in [2.05, 4.69) is 47.3 Å². The lowest BCUT2D eigenvalue weighted by atomic mass is 9.36. The molecule has 3 saturated carbocycles. The van der Waals surface area contributed by atoms with Crippen LogP contribution in [0.1, 0.15) is 131 Å². The number of Topliss-reactive ketones (excluding diaryl/α,β-unsaturated/α-hetero) is 1. The van der Waals surface area contributed by atoms with Gasteiger partial charge in [-0.1, -0.05) is 72.8 Å². The summed E-state index contributed by atoms with van der Waals surface area (Å²) >= 11 is 0. The number of ketones is 1. The van der Waals surface area contributed by atoms with Crippen LogP contribution >= 0.6 is 0 Å². The fourth-order valence-corrected chi connectivity index (χ4v) is 8.78. The molecule has 3 fully saturated rings. The molecule has 0 bridgehead atoms. The Hall–Kier alpha value is -0.590. The summed E-state index contributed by atoms with van der Waals surface area (Å²) in [6.45, 7) is 19.3. The predicted molar refractivity (Wildman–Crippen MR) is 130 cm³/mol. The van der Waals surface area contributed by atoms with Crippen molar-refractivity contribution in [2.24, 2.45) is 33.0 Å². The van der Waals surface area contributed by atoms with Gasteiger partial charge in [0.15, 0.2) is 0 Å². The SMILES string of the molecule is C=CC1(CCCC(C)=O)CCC2(C)C3(C)CCC(C)CCCCCC3(C)CCC12C. The van der Waals surface area contributed by atoms with E-state index in [0.717, 1.165) is 25.2 Å². The van der Waals surface area contributed by atoms with Crippen LogP contribution in [0.3, 0.4) is 0 Å². The molecular formula is C29H50O. The van der Waals surface area contributed by atoms with Crippen LogP contribution in [-0.4, -0.2) is 5.78 Å². The lowest BCUT2D eigenvalue weighted by molar-refractivity contribution is -0.194. The van der Waals surface area contributed by atoms with Crippen LogP contribution in [-0.2, 0) is 4.79 Å². The van der Waals surface area contributed by atoms with Gasteiger partial charge in [-0.3, -0.25) is 0 Å². The zero-order valence-corrected chi connectivity index (χ0v) is 21.2. The van der Waals surface area contributed by atoms with Crippen molar-refractivity contribution in [3.05, 3.63) is 12.7 Å². The highest BCUT2D eigenvalue weighted by molar-refractivity contribution is 5.75. The second kappa shape index (κ2) is 8.40. The summed E-state index contributed by atoms with van der Waals surface area (Å²) in [4.78, 5) is 11.7. The Kier molecular flexibility index (Phi) is 6.74. The quantitative estimate of drug-likeness (QED) is 0.410. The molecule has 3 rings (SSSR count). The van der Waals surface area contributed by atoms with E-state index in [-0.39, 0.29) is 5.41 Å². The summed E-state index contributed by atoms with van der Waals surface area (Å²) in [6, 6.07) is 0. The molecule has 0 aromatic rings. The third-order valence-corrected chi connectivity index (χ3v) is 11.7. The summed E-state index contributed by atoms with van der Waals surface area (Å²) in [7, 11) is 0. The third-order valence-electron chi connectivity index (χ3n) is 11.7. The van der Waals surface area contributed by atoms with Crippen LogP contribution in [0.2, 0.25) is 0 Å². The minimum Gasteiger partial charge on any atom is -0.300 e. The maximum absolute atomic E-state index is 11.7. The first kappa shape index (κ1) is 24.1. The van der Waals surface area contributed by atoms with Crippen LogP contribution < -0.4 is 0 Å². The standard InChI is InChI=1S/C29H50O/c1-8-29(17-12-14-24(3)30)22-21-27(6)26(5)18-15-23(2)13-10-9-11-16-25(26,4)19-20-28(27,29)7/h8,23H,1,9-22H2,2-7H3. The van der Waals surface area contributed by atoms with Crippen molar-refractivity contribution >= 4 is 5.78 Å². The molecule has 0 amide bonds. The highest BCUT2D eigenvalue weighted by Gasteiger charge is 2.72. The Labute approximate surface area is 187 Å². The van der Waals surface area contributed by atoms with Gasteiger partial charge in [0, 0.05) is 6.42 Å². The van der Waals surface area contributed by atoms with E-state index in [9.17, 15) is 4.79 Å². The lowest BCUT2D eigenvalue weighted by Gasteiger charge is -2.68. The smallest absolute Gasteiger partial charge is 0.129 e. The lowest BCUT2D eigenvalue weighted by Crippen LogP contribution is -2.61. The number of allylic oxidation sites excluding steroid dienone is 1. The predicted octanol–water partition coefficient (Wildman–Crippen LogP) is 8.91. The fourth-order valence-electron chi connectivity index (χ4n) is 8.78. The summed E-state index contributed by atoms with van der Waals surface area (Å²) in [5.41, 5.74) is 1.66. The van der Waals surface area contributed by atoms with E-state index in [1.807, 2.05) is 0 Å². The van der Waals surface area contributed by atoms with Gasteiger partial charge in [0.2, 0.25) is 0 Å². The first-order chi connectivity index (χ1) is 14.0. The minimum absolute atomic E-state index is 0.197. The molecule has 6 atom stereocenters. The van der Waals surface area contributed by atoms with Gasteiger partial charge in [0.25, 0.3) is 0 Å². The maximum atomic E-state index is 11.7. The largest absolute Gasteiger partial charge is 0.300 e. The second-order valence-corrected chi connectivity index (χ2v) is 12.7. The second-order valence-electron chi connectivity index (χ2n) is 12.7. The van der Waals surface area contributed by atoms with Gasteiger partial charge in [0.05, 0.1) is 0 Å². The van der Waals surface area contributed by atoms with E-state index in [1.165, 1.54) is 70.6 Å². The number of fused-ring (bicyclic) bond motifs is 3. The normalized spacial score (nSPS) is 47.2. The third kappa shape index (κ3) is 3.45. The Morgan fingerprint density at radius 3 is 2.23 bits per heavy atom. The van der Waals surface area contributed by atoms with Crippen LogP contribution in [0.25, 0.3) is 0 Å². The van der Waals surface area contributed by atoms with Crippen molar-refractivity contribution in [2.75, 3.05) is 0 Å². The molecule has 0 aliphatic heterocycles.